The van der Waals surface area contributed by atoms with Crippen molar-refractivity contribution in [2.75, 3.05) is 18.0 Å². The number of rotatable bonds is 1. The molecule has 37 heavy (non-hydrogen) atoms. The second-order valence-electron chi connectivity index (χ2n) is 10.1. The molecule has 1 atom stereocenters. The Morgan fingerprint density at radius 2 is 2.00 bits per heavy atom. The van der Waals surface area contributed by atoms with E-state index in [9.17, 15) is 0 Å². The number of allylic oxidation sites excluding steroid dienone is 1. The molecule has 1 fully saturated rings. The quantitative estimate of drug-likeness (QED) is 0.315. The van der Waals surface area contributed by atoms with E-state index < -0.39 is 5.82 Å². The Morgan fingerprint density at radius 1 is 1.14 bits per heavy atom. The monoisotopic (exact) mass is 519 g/mol. The Hall–Kier alpha value is -3.26. The van der Waals surface area contributed by atoms with Gasteiger partial charge in [0.05, 0.1) is 17.1 Å². The lowest BCUT2D eigenvalue weighted by Gasteiger charge is -2.28. The van der Waals surface area contributed by atoms with E-state index in [1.165, 1.54) is 0 Å². The zero-order valence-electron chi connectivity index (χ0n) is 21.1. The first-order valence-electron chi connectivity index (χ1n) is 13.2. The molecule has 1 saturated heterocycles. The number of hydrogen-bond acceptors (Lipinski definition) is 6. The molecule has 1 aromatic carbocycles. The Morgan fingerprint density at radius 3 is 2.86 bits per heavy atom. The Balaban J connectivity index is 1.62. The summed E-state index contributed by atoms with van der Waals surface area (Å²) in [6.07, 6.45) is 10.8. The number of fused-ring (bicyclic) bond motifs is 7. The highest BCUT2D eigenvalue weighted by atomic mass is 35.5. The summed E-state index contributed by atoms with van der Waals surface area (Å²) in [7, 11) is 0. The van der Waals surface area contributed by atoms with Crippen LogP contribution in [0.25, 0.3) is 33.1 Å². The second-order valence-corrected chi connectivity index (χ2v) is 10.5. The summed E-state index contributed by atoms with van der Waals surface area (Å²) in [6, 6.07) is 2.13. The molecule has 6 heterocycles. The van der Waals surface area contributed by atoms with Crippen LogP contribution >= 0.6 is 11.6 Å². The number of nitrogens with one attached hydrogen (secondary N) is 2. The summed E-state index contributed by atoms with van der Waals surface area (Å²) in [5.74, 6) is 0.940. The SMILES string of the molecule is C=C1CCCCc2c(Cl)cc3[nH]ncc3c2-c2ncc3c(nc(CC)nc3c2F)N2CCCCC(C2)N1. The molecule has 3 aliphatic rings. The van der Waals surface area contributed by atoms with Crippen LogP contribution < -0.4 is 10.2 Å². The van der Waals surface area contributed by atoms with Crippen molar-refractivity contribution in [1.82, 2.24) is 30.5 Å². The fourth-order valence-electron chi connectivity index (χ4n) is 5.73. The lowest BCUT2D eigenvalue weighted by atomic mass is 9.94. The van der Waals surface area contributed by atoms with Gasteiger partial charge in [-0.15, -0.1) is 0 Å². The summed E-state index contributed by atoms with van der Waals surface area (Å²) in [4.78, 5) is 16.5. The largest absolute Gasteiger partial charge is 0.384 e. The van der Waals surface area contributed by atoms with Gasteiger partial charge < -0.3 is 10.2 Å². The van der Waals surface area contributed by atoms with Crippen LogP contribution in [0.3, 0.4) is 0 Å². The van der Waals surface area contributed by atoms with Crippen molar-refractivity contribution in [3.8, 4) is 11.3 Å². The summed E-state index contributed by atoms with van der Waals surface area (Å²) < 4.78 is 16.5. The Kier molecular flexibility index (Phi) is 6.44. The van der Waals surface area contributed by atoms with Crippen LogP contribution in [-0.2, 0) is 12.8 Å². The molecule has 9 heteroatoms. The van der Waals surface area contributed by atoms with Gasteiger partial charge in [-0.05, 0) is 56.6 Å². The third-order valence-electron chi connectivity index (χ3n) is 7.60. The molecule has 0 spiro atoms. The highest BCUT2D eigenvalue weighted by Gasteiger charge is 2.26. The van der Waals surface area contributed by atoms with Crippen molar-refractivity contribution in [3.63, 3.8) is 0 Å². The lowest BCUT2D eigenvalue weighted by Crippen LogP contribution is -2.39. The van der Waals surface area contributed by atoms with E-state index in [2.05, 4.69) is 32.0 Å². The predicted octanol–water partition coefficient (Wildman–Crippen LogP) is 6.11. The number of aryl methyl sites for hydroxylation is 1. The summed E-state index contributed by atoms with van der Waals surface area (Å²) in [5, 5.41) is 12.9. The van der Waals surface area contributed by atoms with Crippen LogP contribution in [0.4, 0.5) is 10.2 Å². The van der Waals surface area contributed by atoms with Gasteiger partial charge in [-0.1, -0.05) is 25.1 Å². The average molecular weight is 520 g/mol. The van der Waals surface area contributed by atoms with Crippen LogP contribution in [0.5, 0.6) is 0 Å². The number of benzene rings is 1. The van der Waals surface area contributed by atoms with Crippen LogP contribution in [-0.4, -0.2) is 44.3 Å². The van der Waals surface area contributed by atoms with E-state index in [4.69, 9.17) is 21.6 Å². The number of pyridine rings is 1. The molecule has 0 radical (unpaired) electrons. The van der Waals surface area contributed by atoms with Gasteiger partial charge in [0, 0.05) is 53.4 Å². The lowest BCUT2D eigenvalue weighted by molar-refractivity contribution is 0.518. The second kappa shape index (κ2) is 9.89. The minimum atomic E-state index is -0.438. The maximum absolute atomic E-state index is 16.5. The molecule has 3 aromatic heterocycles. The summed E-state index contributed by atoms with van der Waals surface area (Å²) >= 11 is 6.78. The average Bonchev–Trinajstić information content (AvgIpc) is 3.23. The highest BCUT2D eigenvalue weighted by Crippen LogP contribution is 2.39. The first kappa shape index (κ1) is 24.1. The van der Waals surface area contributed by atoms with Gasteiger partial charge in [0.15, 0.2) is 5.82 Å². The molecule has 0 aliphatic carbocycles. The van der Waals surface area contributed by atoms with Gasteiger partial charge in [-0.2, -0.15) is 5.10 Å². The fourth-order valence-corrected chi connectivity index (χ4v) is 6.03. The summed E-state index contributed by atoms with van der Waals surface area (Å²) in [6.45, 7) is 7.96. The van der Waals surface area contributed by atoms with Crippen molar-refractivity contribution in [2.24, 2.45) is 0 Å². The maximum Gasteiger partial charge on any atom is 0.175 e. The number of hydrogen-bond donors (Lipinski definition) is 2. The zero-order chi connectivity index (χ0) is 25.5. The molecule has 2 N–H and O–H groups in total. The first-order valence-corrected chi connectivity index (χ1v) is 13.6. The number of aromatic nitrogens is 5. The molecular weight excluding hydrogens is 489 g/mol. The van der Waals surface area contributed by atoms with E-state index in [1.807, 2.05) is 13.0 Å². The van der Waals surface area contributed by atoms with Crippen molar-refractivity contribution in [3.05, 3.63) is 53.0 Å². The van der Waals surface area contributed by atoms with E-state index >= 15 is 4.39 Å². The predicted molar refractivity (Wildman–Crippen MR) is 146 cm³/mol. The van der Waals surface area contributed by atoms with Crippen LogP contribution in [0, 0.1) is 5.82 Å². The molecule has 7 rings (SSSR count). The van der Waals surface area contributed by atoms with Crippen LogP contribution in [0.15, 0.2) is 30.7 Å². The van der Waals surface area contributed by atoms with Crippen molar-refractivity contribution < 1.29 is 4.39 Å². The van der Waals surface area contributed by atoms with E-state index in [0.29, 0.717) is 40.2 Å². The van der Waals surface area contributed by atoms with Crippen LogP contribution in [0.2, 0.25) is 5.02 Å². The minimum absolute atomic E-state index is 0.259. The molecular formula is C28H31ClFN7. The van der Waals surface area contributed by atoms with Gasteiger partial charge >= 0.3 is 0 Å². The van der Waals surface area contributed by atoms with Crippen molar-refractivity contribution >= 4 is 39.2 Å². The fraction of sp³-hybridized carbons (Fsp3) is 0.429. The van der Waals surface area contributed by atoms with E-state index in [1.54, 1.807) is 12.4 Å². The van der Waals surface area contributed by atoms with Crippen LogP contribution in [0.1, 0.15) is 56.8 Å². The number of anilines is 1. The molecule has 0 saturated carbocycles. The molecule has 4 aromatic rings. The van der Waals surface area contributed by atoms with Gasteiger partial charge in [0.1, 0.15) is 22.9 Å². The van der Waals surface area contributed by atoms with Crippen molar-refractivity contribution in [2.45, 2.75) is 64.3 Å². The Labute approximate surface area is 220 Å². The Bertz CT molecular complexity index is 1500. The third-order valence-corrected chi connectivity index (χ3v) is 7.93. The standard InChI is InChI=1S/C28H31ClFN7/c1-3-23-34-26-20-13-31-27(25(26)30)24-18(21(29)12-22-19(24)14-32-36-22)10-5-4-8-16(2)33-17-9-6-7-11-37(15-17)28(20)35-23/h12-14,17,33H,2-11,15H2,1H3,(H,32,36). The molecule has 6 bridgehead atoms. The van der Waals surface area contributed by atoms with E-state index in [-0.39, 0.29) is 11.7 Å². The van der Waals surface area contributed by atoms with Gasteiger partial charge in [-0.3, -0.25) is 10.1 Å². The molecule has 3 aliphatic heterocycles. The normalized spacial score (nSPS) is 18.8. The van der Waals surface area contributed by atoms with Gasteiger partial charge in [0.25, 0.3) is 0 Å². The third kappa shape index (κ3) is 4.41. The minimum Gasteiger partial charge on any atom is -0.384 e. The zero-order valence-corrected chi connectivity index (χ0v) is 21.8. The smallest absolute Gasteiger partial charge is 0.175 e. The molecule has 7 nitrogen and oxygen atoms in total. The van der Waals surface area contributed by atoms with Gasteiger partial charge in [-0.25, -0.2) is 14.4 Å². The molecule has 0 amide bonds. The number of aromatic amines is 1. The summed E-state index contributed by atoms with van der Waals surface area (Å²) in [5.41, 5.74) is 3.95. The number of halogens is 2. The highest BCUT2D eigenvalue weighted by molar-refractivity contribution is 6.33. The molecule has 1 unspecified atom stereocenters. The van der Waals surface area contributed by atoms with Crippen molar-refractivity contribution in [1.29, 1.82) is 0 Å². The van der Waals surface area contributed by atoms with E-state index in [0.717, 1.165) is 79.6 Å². The number of H-pyrrole nitrogens is 1. The molecule has 192 valence electrons. The van der Waals surface area contributed by atoms with Gasteiger partial charge in [0.2, 0.25) is 0 Å². The number of nitrogens with zero attached hydrogens (tertiary/aromatic N) is 5. The topological polar surface area (TPSA) is 82.6 Å². The maximum atomic E-state index is 16.5. The first-order chi connectivity index (χ1) is 18.0.